The summed E-state index contributed by atoms with van der Waals surface area (Å²) in [7, 11) is 0. The van der Waals surface area contributed by atoms with Gasteiger partial charge in [0, 0.05) is 37.2 Å². The van der Waals surface area contributed by atoms with Gasteiger partial charge >= 0.3 is 0 Å². The second kappa shape index (κ2) is 7.87. The van der Waals surface area contributed by atoms with Crippen LogP contribution in [0.5, 0.6) is 0 Å². The lowest BCUT2D eigenvalue weighted by Crippen LogP contribution is -2.38. The number of nitrogens with two attached hydrogens (primary N) is 1. The molecule has 3 aromatic heterocycles. The van der Waals surface area contributed by atoms with Crippen LogP contribution in [0, 0.1) is 0 Å². The predicted molar refractivity (Wildman–Crippen MR) is 113 cm³/mol. The van der Waals surface area contributed by atoms with Gasteiger partial charge < -0.3 is 15.8 Å². The molecule has 0 radical (unpaired) electrons. The molecule has 2 aliphatic rings. The Morgan fingerprint density at radius 3 is 3.00 bits per heavy atom. The highest BCUT2D eigenvalue weighted by Gasteiger charge is 2.21. The van der Waals surface area contributed by atoms with Gasteiger partial charge in [0.1, 0.15) is 0 Å². The minimum absolute atomic E-state index is 0.0968. The molecule has 4 heterocycles. The minimum Gasteiger partial charge on any atom is -0.381 e. The monoisotopic (exact) mass is 404 g/mol. The molecule has 1 fully saturated rings. The van der Waals surface area contributed by atoms with Crippen molar-refractivity contribution in [2.45, 2.75) is 38.1 Å². The van der Waals surface area contributed by atoms with Gasteiger partial charge in [-0.15, -0.1) is 0 Å². The molecule has 30 heavy (non-hydrogen) atoms. The van der Waals surface area contributed by atoms with Crippen molar-refractivity contribution in [2.24, 2.45) is 0 Å². The number of hydrogen-bond acceptors (Lipinski definition) is 6. The fourth-order valence-corrected chi connectivity index (χ4v) is 4.18. The van der Waals surface area contributed by atoms with Crippen LogP contribution in [0.2, 0.25) is 0 Å². The third kappa shape index (κ3) is 3.54. The average molecular weight is 404 g/mol. The molecular formula is C22H24N6O2. The lowest BCUT2D eigenvalue weighted by Gasteiger charge is -2.22. The number of ether oxygens (including phenoxy) is 1. The molecule has 0 bridgehead atoms. The number of amides is 1. The maximum atomic E-state index is 12.9. The molecule has 1 aliphatic heterocycles. The molecule has 1 aliphatic carbocycles. The first-order chi connectivity index (χ1) is 14.7. The van der Waals surface area contributed by atoms with Crippen LogP contribution in [0.25, 0.3) is 11.1 Å². The van der Waals surface area contributed by atoms with Crippen LogP contribution in [0.3, 0.4) is 0 Å². The number of hydrogen-bond donors (Lipinski definition) is 2. The molecule has 0 atom stereocenters. The summed E-state index contributed by atoms with van der Waals surface area (Å²) in [6.07, 6.45) is 12.0. The van der Waals surface area contributed by atoms with Crippen LogP contribution < -0.4 is 11.1 Å². The molecule has 154 valence electrons. The molecule has 0 spiro atoms. The van der Waals surface area contributed by atoms with Crippen LogP contribution in [0.1, 0.15) is 52.9 Å². The number of aryl methyl sites for hydroxylation is 1. The van der Waals surface area contributed by atoms with Crippen molar-refractivity contribution < 1.29 is 9.53 Å². The summed E-state index contributed by atoms with van der Waals surface area (Å²) in [5.74, 6) is 0.203. The Balaban J connectivity index is 1.50. The Hall–Kier alpha value is -3.26. The standard InChI is InChI=1S/C22H24N6O2/c23-22-24-12-17-16(3-1-2-4-19(17)27-22)14-5-8-28-20(11-14)18(13-25-28)21(29)26-15-6-9-30-10-7-15/h3,5,8,11-13,15H,1-2,4,6-7,9-10H2,(H,26,29)(H2,23,24,27). The zero-order chi connectivity index (χ0) is 20.5. The van der Waals surface area contributed by atoms with Crippen molar-refractivity contribution in [1.82, 2.24) is 24.9 Å². The van der Waals surface area contributed by atoms with E-state index in [1.807, 2.05) is 18.3 Å². The molecule has 3 N–H and O–H groups in total. The summed E-state index contributed by atoms with van der Waals surface area (Å²) < 4.78 is 7.12. The lowest BCUT2D eigenvalue weighted by molar-refractivity contribution is 0.0697. The van der Waals surface area contributed by atoms with Crippen molar-refractivity contribution in [3.8, 4) is 0 Å². The van der Waals surface area contributed by atoms with Crippen LogP contribution in [0.4, 0.5) is 5.95 Å². The predicted octanol–water partition coefficient (Wildman–Crippen LogP) is 2.38. The highest BCUT2D eigenvalue weighted by molar-refractivity contribution is 6.01. The number of pyridine rings is 1. The van der Waals surface area contributed by atoms with E-state index in [0.717, 1.165) is 60.0 Å². The van der Waals surface area contributed by atoms with Crippen molar-refractivity contribution in [3.63, 3.8) is 0 Å². The van der Waals surface area contributed by atoms with Crippen LogP contribution in [0.15, 0.2) is 36.8 Å². The smallest absolute Gasteiger partial charge is 0.255 e. The SMILES string of the molecule is Nc1ncc2c(n1)CCCC=C2c1ccn2ncc(C(=O)NC3CCOCC3)c2c1. The second-order valence-electron chi connectivity index (χ2n) is 7.76. The third-order valence-corrected chi connectivity index (χ3v) is 5.78. The molecular weight excluding hydrogens is 380 g/mol. The molecule has 0 saturated carbocycles. The largest absolute Gasteiger partial charge is 0.381 e. The maximum absolute atomic E-state index is 12.9. The van der Waals surface area contributed by atoms with Crippen LogP contribution in [-0.4, -0.2) is 44.7 Å². The summed E-state index contributed by atoms with van der Waals surface area (Å²) in [5.41, 5.74) is 11.2. The Morgan fingerprint density at radius 2 is 2.13 bits per heavy atom. The molecule has 5 rings (SSSR count). The zero-order valence-corrected chi connectivity index (χ0v) is 16.7. The number of fused-ring (bicyclic) bond motifs is 2. The van der Waals surface area contributed by atoms with Gasteiger partial charge in [-0.1, -0.05) is 6.08 Å². The third-order valence-electron chi connectivity index (χ3n) is 5.78. The summed E-state index contributed by atoms with van der Waals surface area (Å²) >= 11 is 0. The number of carbonyl (C=O) groups is 1. The highest BCUT2D eigenvalue weighted by atomic mass is 16.5. The molecule has 3 aromatic rings. The maximum Gasteiger partial charge on any atom is 0.255 e. The second-order valence-corrected chi connectivity index (χ2v) is 7.76. The van der Waals surface area contributed by atoms with Crippen LogP contribution in [-0.2, 0) is 11.2 Å². The van der Waals surface area contributed by atoms with Gasteiger partial charge in [0.2, 0.25) is 5.95 Å². The Morgan fingerprint density at radius 1 is 1.27 bits per heavy atom. The van der Waals surface area contributed by atoms with Gasteiger partial charge in [-0.3, -0.25) is 4.79 Å². The Labute approximate surface area is 174 Å². The average Bonchev–Trinajstić information content (AvgIpc) is 3.07. The first-order valence-electron chi connectivity index (χ1n) is 10.4. The molecule has 8 nitrogen and oxygen atoms in total. The number of nitrogens with one attached hydrogen (secondary N) is 1. The van der Waals surface area contributed by atoms with E-state index in [2.05, 4.69) is 26.5 Å². The van der Waals surface area contributed by atoms with E-state index in [0.29, 0.717) is 24.7 Å². The van der Waals surface area contributed by atoms with E-state index in [9.17, 15) is 4.79 Å². The first-order valence-corrected chi connectivity index (χ1v) is 10.4. The van der Waals surface area contributed by atoms with E-state index in [4.69, 9.17) is 10.5 Å². The van der Waals surface area contributed by atoms with E-state index in [-0.39, 0.29) is 11.9 Å². The molecule has 1 amide bonds. The van der Waals surface area contributed by atoms with Crippen molar-refractivity contribution >= 4 is 22.9 Å². The number of allylic oxidation sites excluding steroid dienone is 1. The van der Waals surface area contributed by atoms with Gasteiger partial charge in [-0.2, -0.15) is 5.10 Å². The Bertz CT molecular complexity index is 1130. The van der Waals surface area contributed by atoms with Gasteiger partial charge in [0.25, 0.3) is 5.91 Å². The normalized spacial score (nSPS) is 17.3. The minimum atomic E-state index is -0.0968. The summed E-state index contributed by atoms with van der Waals surface area (Å²) in [4.78, 5) is 21.6. The van der Waals surface area contributed by atoms with Crippen molar-refractivity contribution in [3.05, 3.63) is 59.2 Å². The van der Waals surface area contributed by atoms with Crippen LogP contribution >= 0.6 is 0 Å². The van der Waals surface area contributed by atoms with E-state index >= 15 is 0 Å². The molecule has 0 unspecified atom stereocenters. The number of carbonyl (C=O) groups excluding carboxylic acids is 1. The van der Waals surface area contributed by atoms with Gasteiger partial charge in [-0.05, 0) is 55.4 Å². The van der Waals surface area contributed by atoms with E-state index in [1.54, 1.807) is 16.9 Å². The van der Waals surface area contributed by atoms with Gasteiger partial charge in [0.05, 0.1) is 23.0 Å². The summed E-state index contributed by atoms with van der Waals surface area (Å²) in [6.45, 7) is 1.37. The molecule has 8 heteroatoms. The number of anilines is 1. The summed E-state index contributed by atoms with van der Waals surface area (Å²) in [5, 5.41) is 7.49. The first kappa shape index (κ1) is 18.7. The lowest BCUT2D eigenvalue weighted by atomic mass is 9.98. The fourth-order valence-electron chi connectivity index (χ4n) is 4.18. The zero-order valence-electron chi connectivity index (χ0n) is 16.7. The van der Waals surface area contributed by atoms with E-state index < -0.39 is 0 Å². The fraction of sp³-hybridized carbons (Fsp3) is 0.364. The quantitative estimate of drug-likeness (QED) is 0.694. The molecule has 0 aromatic carbocycles. The molecule has 1 saturated heterocycles. The summed E-state index contributed by atoms with van der Waals surface area (Å²) in [6, 6.07) is 4.17. The highest BCUT2D eigenvalue weighted by Crippen LogP contribution is 2.31. The topological polar surface area (TPSA) is 107 Å². The number of rotatable bonds is 3. The van der Waals surface area contributed by atoms with E-state index in [1.165, 1.54) is 0 Å². The number of nitrogen functional groups attached to an aromatic ring is 1. The van der Waals surface area contributed by atoms with Crippen molar-refractivity contribution in [1.29, 1.82) is 0 Å². The Kier molecular flexibility index (Phi) is 4.92. The van der Waals surface area contributed by atoms with Gasteiger partial charge in [0.15, 0.2) is 0 Å². The van der Waals surface area contributed by atoms with Crippen molar-refractivity contribution in [2.75, 3.05) is 18.9 Å². The number of nitrogens with zero attached hydrogens (tertiary/aromatic N) is 4. The number of aromatic nitrogens is 4. The van der Waals surface area contributed by atoms with Gasteiger partial charge in [-0.25, -0.2) is 14.5 Å².